The molecular formula is C15H15NO3. The lowest BCUT2D eigenvalue weighted by Crippen LogP contribution is -2.39. The molecule has 0 radical (unpaired) electrons. The van der Waals surface area contributed by atoms with E-state index in [1.165, 1.54) is 4.90 Å². The molecule has 2 rings (SSSR count). The van der Waals surface area contributed by atoms with Gasteiger partial charge in [0.1, 0.15) is 6.61 Å². The predicted octanol–water partition coefficient (Wildman–Crippen LogP) is 1.07. The molecule has 0 saturated carbocycles. The zero-order valence-corrected chi connectivity index (χ0v) is 10.6. The van der Waals surface area contributed by atoms with Crippen LogP contribution in [0.15, 0.2) is 24.3 Å². The normalized spacial score (nSPS) is 15.1. The van der Waals surface area contributed by atoms with Gasteiger partial charge in [0.2, 0.25) is 11.8 Å². The number of hydrogen-bond acceptors (Lipinski definition) is 3. The van der Waals surface area contributed by atoms with Gasteiger partial charge in [-0.05, 0) is 18.1 Å². The third-order valence-corrected chi connectivity index (χ3v) is 3.03. The van der Waals surface area contributed by atoms with Crippen LogP contribution >= 0.6 is 0 Å². The van der Waals surface area contributed by atoms with E-state index in [0.29, 0.717) is 19.3 Å². The highest BCUT2D eigenvalue weighted by atomic mass is 16.2. The number of nitrogens with zero attached hydrogens (tertiary/aromatic N) is 1. The molecule has 98 valence electrons. The molecule has 1 aromatic carbocycles. The van der Waals surface area contributed by atoms with Gasteiger partial charge in [-0.3, -0.25) is 14.5 Å². The molecule has 1 N–H and O–H groups in total. The summed E-state index contributed by atoms with van der Waals surface area (Å²) in [7, 11) is 0. The third kappa shape index (κ3) is 3.21. The molecule has 1 aliphatic rings. The Morgan fingerprint density at radius 2 is 1.84 bits per heavy atom. The van der Waals surface area contributed by atoms with E-state index < -0.39 is 0 Å². The van der Waals surface area contributed by atoms with Gasteiger partial charge in [-0.2, -0.15) is 0 Å². The first-order chi connectivity index (χ1) is 9.22. The minimum Gasteiger partial charge on any atom is -0.384 e. The van der Waals surface area contributed by atoms with E-state index in [1.807, 2.05) is 24.3 Å². The molecule has 1 saturated heterocycles. The van der Waals surface area contributed by atoms with Crippen LogP contribution in [0.3, 0.4) is 0 Å². The topological polar surface area (TPSA) is 57.6 Å². The zero-order valence-electron chi connectivity index (χ0n) is 10.6. The Kier molecular flexibility index (Phi) is 4.32. The summed E-state index contributed by atoms with van der Waals surface area (Å²) in [4.78, 5) is 24.8. The summed E-state index contributed by atoms with van der Waals surface area (Å²) in [6.07, 6.45) is 1.49. The van der Waals surface area contributed by atoms with Crippen LogP contribution in [0.5, 0.6) is 0 Å². The van der Waals surface area contributed by atoms with Crippen molar-refractivity contribution in [2.24, 2.45) is 0 Å². The summed E-state index contributed by atoms with van der Waals surface area (Å²) >= 11 is 0. The van der Waals surface area contributed by atoms with Crippen LogP contribution in [0.25, 0.3) is 0 Å². The molecule has 0 aromatic heterocycles. The predicted molar refractivity (Wildman–Crippen MR) is 69.8 cm³/mol. The molecule has 4 heteroatoms. The smallest absolute Gasteiger partial charge is 0.229 e. The van der Waals surface area contributed by atoms with Crippen molar-refractivity contribution in [3.05, 3.63) is 35.4 Å². The highest BCUT2D eigenvalue weighted by molar-refractivity contribution is 5.97. The number of amides is 2. The van der Waals surface area contributed by atoms with Gasteiger partial charge in [0.15, 0.2) is 0 Å². The van der Waals surface area contributed by atoms with E-state index >= 15 is 0 Å². The maximum absolute atomic E-state index is 11.8. The molecule has 0 unspecified atom stereocenters. The number of carbonyl (C=O) groups is 2. The molecule has 0 atom stereocenters. The van der Waals surface area contributed by atoms with Crippen LogP contribution < -0.4 is 0 Å². The molecule has 0 bridgehead atoms. The monoisotopic (exact) mass is 257 g/mol. The van der Waals surface area contributed by atoms with E-state index in [4.69, 9.17) is 5.11 Å². The van der Waals surface area contributed by atoms with Gasteiger partial charge in [-0.25, -0.2) is 0 Å². The van der Waals surface area contributed by atoms with Crippen molar-refractivity contribution in [2.75, 3.05) is 6.61 Å². The first kappa shape index (κ1) is 13.3. The molecule has 4 nitrogen and oxygen atoms in total. The summed E-state index contributed by atoms with van der Waals surface area (Å²) in [6, 6.07) is 7.34. The van der Waals surface area contributed by atoms with Gasteiger partial charge in [0.25, 0.3) is 0 Å². The molecule has 0 spiro atoms. The molecular weight excluding hydrogens is 242 g/mol. The highest BCUT2D eigenvalue weighted by Crippen LogP contribution is 2.17. The quantitative estimate of drug-likeness (QED) is 0.637. The Bertz CT molecular complexity index is 538. The summed E-state index contributed by atoms with van der Waals surface area (Å²) in [5.74, 6) is 5.17. The fraction of sp³-hybridized carbons (Fsp3) is 0.333. The Morgan fingerprint density at radius 3 is 2.53 bits per heavy atom. The van der Waals surface area contributed by atoms with Crippen LogP contribution in [0.1, 0.15) is 30.4 Å². The van der Waals surface area contributed by atoms with Crippen LogP contribution in [0, 0.1) is 11.8 Å². The highest BCUT2D eigenvalue weighted by Gasteiger charge is 2.26. The Balaban J connectivity index is 2.22. The molecule has 1 aromatic rings. The summed E-state index contributed by atoms with van der Waals surface area (Å²) in [5.41, 5.74) is 1.56. The van der Waals surface area contributed by atoms with Crippen LogP contribution in [0.2, 0.25) is 0 Å². The lowest BCUT2D eigenvalue weighted by atomic mass is 10.0. The van der Waals surface area contributed by atoms with Crippen molar-refractivity contribution in [1.29, 1.82) is 0 Å². The average Bonchev–Trinajstić information content (AvgIpc) is 2.42. The van der Waals surface area contributed by atoms with Gasteiger partial charge in [0.05, 0.1) is 6.54 Å². The lowest BCUT2D eigenvalue weighted by molar-refractivity contribution is -0.148. The van der Waals surface area contributed by atoms with Crippen molar-refractivity contribution < 1.29 is 14.7 Å². The van der Waals surface area contributed by atoms with E-state index in [1.54, 1.807) is 0 Å². The van der Waals surface area contributed by atoms with E-state index in [9.17, 15) is 9.59 Å². The van der Waals surface area contributed by atoms with Gasteiger partial charge in [-0.1, -0.05) is 30.0 Å². The average molecular weight is 257 g/mol. The first-order valence-electron chi connectivity index (χ1n) is 6.23. The van der Waals surface area contributed by atoms with Crippen molar-refractivity contribution in [3.8, 4) is 11.8 Å². The van der Waals surface area contributed by atoms with Gasteiger partial charge < -0.3 is 5.11 Å². The van der Waals surface area contributed by atoms with Gasteiger partial charge in [-0.15, -0.1) is 0 Å². The van der Waals surface area contributed by atoms with E-state index in [2.05, 4.69) is 11.8 Å². The second-order valence-corrected chi connectivity index (χ2v) is 4.34. The number of imide groups is 1. The molecule has 1 fully saturated rings. The van der Waals surface area contributed by atoms with Gasteiger partial charge >= 0.3 is 0 Å². The van der Waals surface area contributed by atoms with Crippen molar-refractivity contribution in [2.45, 2.75) is 25.8 Å². The minimum atomic E-state index is -0.212. The summed E-state index contributed by atoms with van der Waals surface area (Å²) in [5, 5.41) is 8.73. The molecule has 0 aliphatic carbocycles. The Hall–Kier alpha value is -2.12. The van der Waals surface area contributed by atoms with Crippen molar-refractivity contribution >= 4 is 11.8 Å². The molecule has 19 heavy (non-hydrogen) atoms. The number of carbonyl (C=O) groups excluding carboxylic acids is 2. The van der Waals surface area contributed by atoms with Crippen LogP contribution in [0.4, 0.5) is 0 Å². The molecule has 1 aliphatic heterocycles. The van der Waals surface area contributed by atoms with Crippen molar-refractivity contribution in [1.82, 2.24) is 4.90 Å². The number of likely N-dealkylation sites (tertiary alicyclic amines) is 1. The Morgan fingerprint density at radius 1 is 1.16 bits per heavy atom. The molecule has 2 amide bonds. The van der Waals surface area contributed by atoms with Crippen LogP contribution in [-0.2, 0) is 16.1 Å². The number of benzene rings is 1. The third-order valence-electron chi connectivity index (χ3n) is 3.03. The van der Waals surface area contributed by atoms with Crippen molar-refractivity contribution in [3.63, 3.8) is 0 Å². The molecule has 1 heterocycles. The number of piperidine rings is 1. The van der Waals surface area contributed by atoms with E-state index in [-0.39, 0.29) is 25.0 Å². The fourth-order valence-corrected chi connectivity index (χ4v) is 2.06. The van der Waals surface area contributed by atoms with Crippen LogP contribution in [-0.4, -0.2) is 28.4 Å². The largest absolute Gasteiger partial charge is 0.384 e. The van der Waals surface area contributed by atoms with E-state index in [0.717, 1.165) is 11.1 Å². The minimum absolute atomic E-state index is 0.124. The standard InChI is InChI=1S/C15H15NO3/c17-10-4-7-12-5-1-2-6-13(12)11-16-14(18)8-3-9-15(16)19/h1-2,5-6,17H,3,8-11H2. The zero-order chi connectivity index (χ0) is 13.7. The lowest BCUT2D eigenvalue weighted by Gasteiger charge is -2.25. The fourth-order valence-electron chi connectivity index (χ4n) is 2.06. The second kappa shape index (κ2) is 6.17. The summed E-state index contributed by atoms with van der Waals surface area (Å²) in [6.45, 7) is 0.0455. The maximum atomic E-state index is 11.8. The maximum Gasteiger partial charge on any atom is 0.229 e. The number of aliphatic hydroxyl groups is 1. The van der Waals surface area contributed by atoms with Gasteiger partial charge in [0, 0.05) is 18.4 Å². The second-order valence-electron chi connectivity index (χ2n) is 4.34. The SMILES string of the molecule is O=C1CCCC(=O)N1Cc1ccccc1C#CCO. The number of hydrogen-bond donors (Lipinski definition) is 1. The summed E-state index contributed by atoms with van der Waals surface area (Å²) < 4.78 is 0. The Labute approximate surface area is 112 Å². The number of aliphatic hydroxyl groups excluding tert-OH is 1. The number of rotatable bonds is 2. The first-order valence-corrected chi connectivity index (χ1v) is 6.23.